The molecule has 7 heteroatoms. The van der Waals surface area contributed by atoms with Gasteiger partial charge in [0.05, 0.1) is 15.6 Å². The highest BCUT2D eigenvalue weighted by atomic mass is 35.5. The number of nitrogens with one attached hydrogen (secondary N) is 1. The summed E-state index contributed by atoms with van der Waals surface area (Å²) in [6, 6.07) is 4.81. The van der Waals surface area contributed by atoms with Crippen molar-refractivity contribution in [1.29, 1.82) is 0 Å². The zero-order chi connectivity index (χ0) is 12.6. The van der Waals surface area contributed by atoms with Gasteiger partial charge in [0.15, 0.2) is 0 Å². The normalized spacial score (nSPS) is 24.2. The SMILES string of the molecule is NC1CC(Nc2cc(S(N)(=O)=O)ccc2Cl)C1. The number of anilines is 1. The fourth-order valence-corrected chi connectivity index (χ4v) is 2.50. The third-order valence-corrected chi connectivity index (χ3v) is 4.04. The Bertz CT molecular complexity index is 526. The van der Waals surface area contributed by atoms with Crippen molar-refractivity contribution < 1.29 is 8.42 Å². The molecule has 1 aliphatic carbocycles. The highest BCUT2D eigenvalue weighted by Crippen LogP contribution is 2.29. The average molecular weight is 276 g/mol. The Morgan fingerprint density at radius 1 is 1.35 bits per heavy atom. The van der Waals surface area contributed by atoms with Crippen LogP contribution >= 0.6 is 11.6 Å². The molecule has 1 aliphatic rings. The number of rotatable bonds is 3. The number of hydrogen-bond donors (Lipinski definition) is 3. The Kier molecular flexibility index (Phi) is 3.31. The Labute approximate surface area is 105 Å². The maximum absolute atomic E-state index is 11.2. The second-order valence-corrected chi connectivity index (χ2v) is 6.23. The largest absolute Gasteiger partial charge is 0.381 e. The summed E-state index contributed by atoms with van der Waals surface area (Å²) < 4.78 is 22.4. The maximum atomic E-state index is 11.2. The van der Waals surface area contributed by atoms with Gasteiger partial charge in [0.25, 0.3) is 0 Å². The molecule has 0 amide bonds. The van der Waals surface area contributed by atoms with Gasteiger partial charge in [0, 0.05) is 12.1 Å². The highest BCUT2D eigenvalue weighted by Gasteiger charge is 2.26. The van der Waals surface area contributed by atoms with E-state index in [9.17, 15) is 8.42 Å². The lowest BCUT2D eigenvalue weighted by molar-refractivity contribution is 0.373. The van der Waals surface area contributed by atoms with Crippen LogP contribution in [0.3, 0.4) is 0 Å². The number of primary sulfonamides is 1. The van der Waals surface area contributed by atoms with Gasteiger partial charge in [-0.25, -0.2) is 13.6 Å². The Hall–Kier alpha value is -0.820. The van der Waals surface area contributed by atoms with Gasteiger partial charge in [-0.2, -0.15) is 0 Å². The second kappa shape index (κ2) is 4.45. The van der Waals surface area contributed by atoms with E-state index in [1.807, 2.05) is 0 Å². The lowest BCUT2D eigenvalue weighted by Crippen LogP contribution is -2.44. The first kappa shape index (κ1) is 12.6. The molecule has 0 atom stereocenters. The third-order valence-electron chi connectivity index (χ3n) is 2.80. The number of sulfonamides is 1. The first-order valence-corrected chi connectivity index (χ1v) is 7.13. The van der Waals surface area contributed by atoms with Crippen LogP contribution in [0.25, 0.3) is 0 Å². The molecule has 2 rings (SSSR count). The van der Waals surface area contributed by atoms with Gasteiger partial charge in [0.1, 0.15) is 0 Å². The van der Waals surface area contributed by atoms with Crippen LogP contribution in [0, 0.1) is 0 Å². The van der Waals surface area contributed by atoms with Crippen LogP contribution in [-0.2, 0) is 10.0 Å². The molecule has 0 bridgehead atoms. The Balaban J connectivity index is 2.21. The van der Waals surface area contributed by atoms with Crippen LogP contribution in [0.4, 0.5) is 5.69 Å². The van der Waals surface area contributed by atoms with E-state index in [0.717, 1.165) is 12.8 Å². The molecule has 0 radical (unpaired) electrons. The zero-order valence-corrected chi connectivity index (χ0v) is 10.6. The average Bonchev–Trinajstić information content (AvgIpc) is 2.17. The molecular weight excluding hydrogens is 262 g/mol. The molecule has 1 fully saturated rings. The van der Waals surface area contributed by atoms with Gasteiger partial charge < -0.3 is 11.1 Å². The van der Waals surface area contributed by atoms with E-state index >= 15 is 0 Å². The van der Waals surface area contributed by atoms with Gasteiger partial charge in [-0.1, -0.05) is 11.6 Å². The van der Waals surface area contributed by atoms with E-state index in [-0.39, 0.29) is 17.0 Å². The van der Waals surface area contributed by atoms with Crippen molar-refractivity contribution in [2.45, 2.75) is 29.8 Å². The van der Waals surface area contributed by atoms with Gasteiger partial charge in [0.2, 0.25) is 10.0 Å². The first-order chi connectivity index (χ1) is 7.86. The predicted octanol–water partition coefficient (Wildman–Crippen LogP) is 0.889. The van der Waals surface area contributed by atoms with Crippen molar-refractivity contribution in [2.24, 2.45) is 10.9 Å². The summed E-state index contributed by atoms with van der Waals surface area (Å²) in [6.07, 6.45) is 1.71. The summed E-state index contributed by atoms with van der Waals surface area (Å²) in [5.74, 6) is 0. The number of halogens is 1. The standard InChI is InChI=1S/C10H14ClN3O2S/c11-9-2-1-8(17(13,15)16)5-10(9)14-7-3-6(12)4-7/h1-2,5-7,14H,3-4,12H2,(H2,13,15,16). The Morgan fingerprint density at radius 2 is 2.00 bits per heavy atom. The fraction of sp³-hybridized carbons (Fsp3) is 0.400. The van der Waals surface area contributed by atoms with Crippen molar-refractivity contribution in [3.8, 4) is 0 Å². The maximum Gasteiger partial charge on any atom is 0.238 e. The van der Waals surface area contributed by atoms with E-state index in [4.69, 9.17) is 22.5 Å². The molecule has 0 saturated heterocycles. The quantitative estimate of drug-likeness (QED) is 0.763. The molecule has 94 valence electrons. The van der Waals surface area contributed by atoms with Crippen molar-refractivity contribution in [1.82, 2.24) is 0 Å². The smallest absolute Gasteiger partial charge is 0.238 e. The molecular formula is C10H14ClN3O2S. The van der Waals surface area contributed by atoms with Crippen LogP contribution in [0.15, 0.2) is 23.1 Å². The van der Waals surface area contributed by atoms with Crippen molar-refractivity contribution in [3.63, 3.8) is 0 Å². The zero-order valence-electron chi connectivity index (χ0n) is 9.06. The van der Waals surface area contributed by atoms with Crippen LogP contribution < -0.4 is 16.2 Å². The van der Waals surface area contributed by atoms with E-state index in [1.165, 1.54) is 18.2 Å². The van der Waals surface area contributed by atoms with Crippen LogP contribution in [0.2, 0.25) is 5.02 Å². The third kappa shape index (κ3) is 2.90. The van der Waals surface area contributed by atoms with E-state index in [1.54, 1.807) is 0 Å². The minimum atomic E-state index is -3.70. The van der Waals surface area contributed by atoms with E-state index in [2.05, 4.69) is 5.32 Å². The molecule has 0 heterocycles. The molecule has 1 aromatic carbocycles. The summed E-state index contributed by atoms with van der Waals surface area (Å²) in [5.41, 5.74) is 6.25. The molecule has 0 aliphatic heterocycles. The lowest BCUT2D eigenvalue weighted by atomic mass is 9.87. The summed E-state index contributed by atoms with van der Waals surface area (Å²) in [5, 5.41) is 8.68. The monoisotopic (exact) mass is 275 g/mol. The summed E-state index contributed by atoms with van der Waals surface area (Å²) in [4.78, 5) is 0.0491. The minimum absolute atomic E-state index is 0.0491. The first-order valence-electron chi connectivity index (χ1n) is 5.21. The van der Waals surface area contributed by atoms with Crippen LogP contribution in [0.1, 0.15) is 12.8 Å². The number of nitrogens with two attached hydrogens (primary N) is 2. The van der Waals surface area contributed by atoms with Gasteiger partial charge >= 0.3 is 0 Å². The second-order valence-electron chi connectivity index (χ2n) is 4.26. The molecule has 5 nitrogen and oxygen atoms in total. The molecule has 17 heavy (non-hydrogen) atoms. The van der Waals surface area contributed by atoms with Gasteiger partial charge in [-0.05, 0) is 31.0 Å². The highest BCUT2D eigenvalue weighted by molar-refractivity contribution is 7.89. The van der Waals surface area contributed by atoms with Crippen LogP contribution in [-0.4, -0.2) is 20.5 Å². The number of benzene rings is 1. The number of hydrogen-bond acceptors (Lipinski definition) is 4. The van der Waals surface area contributed by atoms with Crippen molar-refractivity contribution in [3.05, 3.63) is 23.2 Å². The lowest BCUT2D eigenvalue weighted by Gasteiger charge is -2.34. The molecule has 1 saturated carbocycles. The molecule has 1 aromatic rings. The minimum Gasteiger partial charge on any atom is -0.381 e. The summed E-state index contributed by atoms with van der Waals surface area (Å²) >= 11 is 5.98. The van der Waals surface area contributed by atoms with Gasteiger partial charge in [-0.3, -0.25) is 0 Å². The molecule has 5 N–H and O–H groups in total. The summed E-state index contributed by atoms with van der Waals surface area (Å²) in [7, 11) is -3.70. The van der Waals surface area contributed by atoms with E-state index < -0.39 is 10.0 Å². The predicted molar refractivity (Wildman–Crippen MR) is 67.4 cm³/mol. The molecule has 0 unspecified atom stereocenters. The van der Waals surface area contributed by atoms with E-state index in [0.29, 0.717) is 10.7 Å². The van der Waals surface area contributed by atoms with Gasteiger partial charge in [-0.15, -0.1) is 0 Å². The molecule has 0 spiro atoms. The Morgan fingerprint density at radius 3 is 2.53 bits per heavy atom. The van der Waals surface area contributed by atoms with Crippen LogP contribution in [0.5, 0.6) is 0 Å². The van der Waals surface area contributed by atoms with Crippen molar-refractivity contribution >= 4 is 27.3 Å². The summed E-state index contributed by atoms with van der Waals surface area (Å²) in [6.45, 7) is 0. The molecule has 0 aromatic heterocycles. The fourth-order valence-electron chi connectivity index (χ4n) is 1.79. The topological polar surface area (TPSA) is 98.2 Å². The van der Waals surface area contributed by atoms with Crippen molar-refractivity contribution in [2.75, 3.05) is 5.32 Å².